The first-order valence-corrected chi connectivity index (χ1v) is 7.85. The molecule has 1 amide bonds. The molecule has 0 radical (unpaired) electrons. The predicted molar refractivity (Wildman–Crippen MR) is 97.4 cm³/mol. The van der Waals surface area contributed by atoms with Gasteiger partial charge in [-0.1, -0.05) is 48.0 Å². The van der Waals surface area contributed by atoms with Crippen molar-refractivity contribution in [3.8, 4) is 11.1 Å². The van der Waals surface area contributed by atoms with Crippen LogP contribution in [0, 0.1) is 6.92 Å². The van der Waals surface area contributed by atoms with Gasteiger partial charge in [0, 0.05) is 34.8 Å². The number of anilines is 1. The number of hydrogen-bond donors (Lipinski definition) is 1. The Labute approximate surface area is 140 Å². The zero-order valence-electron chi connectivity index (χ0n) is 13.3. The van der Waals surface area contributed by atoms with Crippen molar-refractivity contribution in [3.05, 3.63) is 83.7 Å². The van der Waals surface area contributed by atoms with Gasteiger partial charge in [-0.25, -0.2) is 0 Å². The summed E-state index contributed by atoms with van der Waals surface area (Å²) in [5.41, 5.74) is 6.79. The molecule has 1 aliphatic heterocycles. The van der Waals surface area contributed by atoms with Crippen molar-refractivity contribution < 1.29 is 4.79 Å². The highest BCUT2D eigenvalue weighted by molar-refractivity contribution is 6.35. The van der Waals surface area contributed by atoms with E-state index < -0.39 is 0 Å². The summed E-state index contributed by atoms with van der Waals surface area (Å²) in [4.78, 5) is 16.5. The number of benzene rings is 2. The van der Waals surface area contributed by atoms with Crippen LogP contribution in [0.4, 0.5) is 5.69 Å². The van der Waals surface area contributed by atoms with Gasteiger partial charge in [0.2, 0.25) is 0 Å². The van der Waals surface area contributed by atoms with Crippen LogP contribution in [0.3, 0.4) is 0 Å². The van der Waals surface area contributed by atoms with Crippen LogP contribution < -0.4 is 5.32 Å². The van der Waals surface area contributed by atoms with Crippen molar-refractivity contribution in [2.24, 2.45) is 0 Å². The van der Waals surface area contributed by atoms with E-state index in [1.807, 2.05) is 66.9 Å². The molecule has 0 atom stereocenters. The Morgan fingerprint density at radius 1 is 1.00 bits per heavy atom. The van der Waals surface area contributed by atoms with E-state index in [9.17, 15) is 4.79 Å². The molecule has 116 valence electrons. The SMILES string of the molecule is Cc1ccc(C=C2C(=O)Nc3cc(-c4cccnc4)ccc32)cc1. The van der Waals surface area contributed by atoms with E-state index >= 15 is 0 Å². The summed E-state index contributed by atoms with van der Waals surface area (Å²) in [6.45, 7) is 2.05. The van der Waals surface area contributed by atoms with Gasteiger partial charge in [0.1, 0.15) is 0 Å². The molecule has 2 aromatic carbocycles. The fourth-order valence-electron chi connectivity index (χ4n) is 2.88. The van der Waals surface area contributed by atoms with Gasteiger partial charge in [0.05, 0.1) is 0 Å². The van der Waals surface area contributed by atoms with Gasteiger partial charge in [-0.05, 0) is 36.3 Å². The maximum atomic E-state index is 12.4. The summed E-state index contributed by atoms with van der Waals surface area (Å²) in [6.07, 6.45) is 5.51. The van der Waals surface area contributed by atoms with Crippen LogP contribution in [0.25, 0.3) is 22.8 Å². The topological polar surface area (TPSA) is 42.0 Å². The summed E-state index contributed by atoms with van der Waals surface area (Å²) >= 11 is 0. The maximum absolute atomic E-state index is 12.4. The molecule has 0 saturated carbocycles. The van der Waals surface area contributed by atoms with E-state index in [4.69, 9.17) is 0 Å². The number of fused-ring (bicyclic) bond motifs is 1. The zero-order valence-corrected chi connectivity index (χ0v) is 13.3. The van der Waals surface area contributed by atoms with Crippen molar-refractivity contribution in [2.45, 2.75) is 6.92 Å². The Balaban J connectivity index is 1.74. The molecule has 3 nitrogen and oxygen atoms in total. The normalized spacial score (nSPS) is 14.5. The van der Waals surface area contributed by atoms with Crippen molar-refractivity contribution in [2.75, 3.05) is 5.32 Å². The van der Waals surface area contributed by atoms with Gasteiger partial charge in [-0.3, -0.25) is 9.78 Å². The summed E-state index contributed by atoms with van der Waals surface area (Å²) in [5, 5.41) is 2.96. The number of aromatic nitrogens is 1. The van der Waals surface area contributed by atoms with E-state index in [1.54, 1.807) is 6.20 Å². The molecular weight excluding hydrogens is 296 g/mol. The summed E-state index contributed by atoms with van der Waals surface area (Å²) in [6, 6.07) is 18.1. The first-order chi connectivity index (χ1) is 11.7. The number of hydrogen-bond acceptors (Lipinski definition) is 2. The second-order valence-corrected chi connectivity index (χ2v) is 5.92. The number of pyridine rings is 1. The van der Waals surface area contributed by atoms with Crippen LogP contribution in [0.15, 0.2) is 67.0 Å². The predicted octanol–water partition coefficient (Wildman–Crippen LogP) is 4.55. The van der Waals surface area contributed by atoms with Crippen LogP contribution in [0.2, 0.25) is 0 Å². The van der Waals surface area contributed by atoms with Crippen LogP contribution in [-0.4, -0.2) is 10.9 Å². The molecular formula is C21H16N2O. The van der Waals surface area contributed by atoms with Crippen LogP contribution in [-0.2, 0) is 4.79 Å². The van der Waals surface area contributed by atoms with E-state index in [-0.39, 0.29) is 5.91 Å². The fourth-order valence-corrected chi connectivity index (χ4v) is 2.88. The molecule has 0 unspecified atom stereocenters. The average Bonchev–Trinajstić information content (AvgIpc) is 2.92. The molecule has 3 heteroatoms. The van der Waals surface area contributed by atoms with Crippen molar-refractivity contribution in [1.82, 2.24) is 4.98 Å². The lowest BCUT2D eigenvalue weighted by molar-refractivity contribution is -0.110. The molecule has 0 saturated heterocycles. The molecule has 1 aromatic heterocycles. The second kappa shape index (κ2) is 5.78. The van der Waals surface area contributed by atoms with Gasteiger partial charge >= 0.3 is 0 Å². The average molecular weight is 312 g/mol. The third-order valence-electron chi connectivity index (χ3n) is 4.19. The number of carbonyl (C=O) groups excluding carboxylic acids is 1. The molecule has 2 heterocycles. The minimum absolute atomic E-state index is 0.0612. The van der Waals surface area contributed by atoms with E-state index in [0.29, 0.717) is 5.57 Å². The third kappa shape index (κ3) is 2.61. The molecule has 0 aliphatic carbocycles. The second-order valence-electron chi connectivity index (χ2n) is 5.92. The number of nitrogens with zero attached hydrogens (tertiary/aromatic N) is 1. The van der Waals surface area contributed by atoms with E-state index in [0.717, 1.165) is 27.9 Å². The Morgan fingerprint density at radius 2 is 1.83 bits per heavy atom. The monoisotopic (exact) mass is 312 g/mol. The number of rotatable bonds is 2. The van der Waals surface area contributed by atoms with Crippen LogP contribution >= 0.6 is 0 Å². The van der Waals surface area contributed by atoms with E-state index in [1.165, 1.54) is 5.56 Å². The number of aryl methyl sites for hydroxylation is 1. The van der Waals surface area contributed by atoms with Gasteiger partial charge in [-0.2, -0.15) is 0 Å². The molecule has 24 heavy (non-hydrogen) atoms. The lowest BCUT2D eigenvalue weighted by atomic mass is 10.00. The van der Waals surface area contributed by atoms with Gasteiger partial charge < -0.3 is 5.32 Å². The summed E-state index contributed by atoms with van der Waals surface area (Å²) in [7, 11) is 0. The minimum Gasteiger partial charge on any atom is -0.321 e. The van der Waals surface area contributed by atoms with Gasteiger partial charge in [0.25, 0.3) is 5.91 Å². The zero-order chi connectivity index (χ0) is 16.5. The molecule has 4 rings (SSSR count). The smallest absolute Gasteiger partial charge is 0.256 e. The summed E-state index contributed by atoms with van der Waals surface area (Å²) in [5.74, 6) is -0.0612. The standard InChI is InChI=1S/C21H16N2O/c1-14-4-6-15(7-5-14)11-19-18-9-8-16(12-20(18)23-21(19)24)17-3-2-10-22-13-17/h2-13H,1H3,(H,23,24). The Morgan fingerprint density at radius 3 is 2.58 bits per heavy atom. The minimum atomic E-state index is -0.0612. The molecule has 3 aromatic rings. The lowest BCUT2D eigenvalue weighted by Gasteiger charge is -2.04. The number of carbonyl (C=O) groups is 1. The van der Waals surface area contributed by atoms with Gasteiger partial charge in [0.15, 0.2) is 0 Å². The van der Waals surface area contributed by atoms with Crippen LogP contribution in [0.5, 0.6) is 0 Å². The van der Waals surface area contributed by atoms with Crippen molar-refractivity contribution in [3.63, 3.8) is 0 Å². The third-order valence-corrected chi connectivity index (χ3v) is 4.19. The first kappa shape index (κ1) is 14.4. The number of amides is 1. The highest BCUT2D eigenvalue weighted by Gasteiger charge is 2.24. The lowest BCUT2D eigenvalue weighted by Crippen LogP contribution is -2.03. The van der Waals surface area contributed by atoms with Crippen LogP contribution in [0.1, 0.15) is 16.7 Å². The summed E-state index contributed by atoms with van der Waals surface area (Å²) < 4.78 is 0. The number of nitrogens with one attached hydrogen (secondary N) is 1. The molecule has 1 N–H and O–H groups in total. The molecule has 0 fully saturated rings. The Kier molecular flexibility index (Phi) is 3.47. The quantitative estimate of drug-likeness (QED) is 0.705. The Bertz CT molecular complexity index is 941. The molecule has 1 aliphatic rings. The molecule has 0 spiro atoms. The maximum Gasteiger partial charge on any atom is 0.256 e. The Hall–Kier alpha value is -3.20. The van der Waals surface area contributed by atoms with Crippen molar-refractivity contribution in [1.29, 1.82) is 0 Å². The van der Waals surface area contributed by atoms with E-state index in [2.05, 4.69) is 17.2 Å². The first-order valence-electron chi connectivity index (χ1n) is 7.85. The largest absolute Gasteiger partial charge is 0.321 e. The van der Waals surface area contributed by atoms with Crippen molar-refractivity contribution >= 4 is 23.2 Å². The molecule has 0 bridgehead atoms. The highest BCUT2D eigenvalue weighted by Crippen LogP contribution is 2.36. The fraction of sp³-hybridized carbons (Fsp3) is 0.0476. The van der Waals surface area contributed by atoms with Gasteiger partial charge in [-0.15, -0.1) is 0 Å². The highest BCUT2D eigenvalue weighted by atomic mass is 16.2.